The molecular formula is C13H18N2O3. The molecule has 0 atom stereocenters. The number of carboxylic acid groups (broad SMARTS) is 1. The van der Waals surface area contributed by atoms with E-state index < -0.39 is 5.97 Å². The van der Waals surface area contributed by atoms with E-state index in [1.165, 1.54) is 0 Å². The monoisotopic (exact) mass is 250 g/mol. The van der Waals surface area contributed by atoms with E-state index in [9.17, 15) is 9.59 Å². The van der Waals surface area contributed by atoms with Crippen molar-refractivity contribution < 1.29 is 14.7 Å². The van der Waals surface area contributed by atoms with Crippen LogP contribution in [0.15, 0.2) is 12.1 Å². The van der Waals surface area contributed by atoms with Crippen LogP contribution in [0.1, 0.15) is 35.3 Å². The number of carbonyl (C=O) groups excluding carboxylic acids is 1. The van der Waals surface area contributed by atoms with E-state index in [2.05, 4.69) is 10.6 Å². The van der Waals surface area contributed by atoms with Gasteiger partial charge in [-0.3, -0.25) is 0 Å². The second-order valence-electron chi connectivity index (χ2n) is 4.54. The Morgan fingerprint density at radius 1 is 1.17 bits per heavy atom. The number of rotatable bonds is 3. The molecule has 5 nitrogen and oxygen atoms in total. The lowest BCUT2D eigenvalue weighted by atomic mass is 10.0. The molecule has 0 unspecified atom stereocenters. The van der Waals surface area contributed by atoms with Gasteiger partial charge in [0, 0.05) is 11.7 Å². The van der Waals surface area contributed by atoms with Gasteiger partial charge in [0.05, 0.1) is 5.56 Å². The summed E-state index contributed by atoms with van der Waals surface area (Å²) in [6.45, 7) is 7.15. The van der Waals surface area contributed by atoms with Crippen molar-refractivity contribution in [3.8, 4) is 0 Å². The molecule has 0 aliphatic rings. The fourth-order valence-corrected chi connectivity index (χ4v) is 1.80. The van der Waals surface area contributed by atoms with Crippen LogP contribution >= 0.6 is 0 Å². The van der Waals surface area contributed by atoms with E-state index in [0.29, 0.717) is 16.8 Å². The molecule has 0 heterocycles. The zero-order valence-corrected chi connectivity index (χ0v) is 11.0. The molecule has 0 radical (unpaired) electrons. The van der Waals surface area contributed by atoms with Gasteiger partial charge in [-0.1, -0.05) is 0 Å². The predicted molar refractivity (Wildman–Crippen MR) is 70.2 cm³/mol. The van der Waals surface area contributed by atoms with E-state index >= 15 is 0 Å². The minimum atomic E-state index is -0.955. The number of hydrogen-bond donors (Lipinski definition) is 3. The maximum absolute atomic E-state index is 11.5. The van der Waals surface area contributed by atoms with E-state index in [1.54, 1.807) is 26.0 Å². The Balaban J connectivity index is 2.93. The summed E-state index contributed by atoms with van der Waals surface area (Å²) in [6.07, 6.45) is 0. The van der Waals surface area contributed by atoms with Gasteiger partial charge in [-0.15, -0.1) is 0 Å². The van der Waals surface area contributed by atoms with Gasteiger partial charge in [0.15, 0.2) is 0 Å². The fourth-order valence-electron chi connectivity index (χ4n) is 1.80. The number of nitrogens with one attached hydrogen (secondary N) is 2. The summed E-state index contributed by atoms with van der Waals surface area (Å²) in [5, 5.41) is 14.4. The maximum Gasteiger partial charge on any atom is 0.336 e. The van der Waals surface area contributed by atoms with Crippen molar-refractivity contribution in [1.82, 2.24) is 5.32 Å². The highest BCUT2D eigenvalue weighted by molar-refractivity contribution is 5.94. The standard InChI is InChI=1S/C13H18N2O3/c1-7(2)14-13(18)15-10-5-8(3)11(12(16)17)9(4)6-10/h5-7H,1-4H3,(H,16,17)(H2,14,15,18). The Morgan fingerprint density at radius 3 is 2.06 bits per heavy atom. The zero-order valence-electron chi connectivity index (χ0n) is 11.0. The summed E-state index contributed by atoms with van der Waals surface area (Å²) in [6, 6.07) is 3.05. The van der Waals surface area contributed by atoms with Gasteiger partial charge in [-0.25, -0.2) is 9.59 Å². The molecular weight excluding hydrogens is 232 g/mol. The Labute approximate surface area is 106 Å². The number of benzene rings is 1. The van der Waals surface area contributed by atoms with Crippen molar-refractivity contribution in [2.45, 2.75) is 33.7 Å². The van der Waals surface area contributed by atoms with Crippen LogP contribution in [0.4, 0.5) is 10.5 Å². The molecule has 0 saturated heterocycles. The third-order valence-electron chi connectivity index (χ3n) is 2.42. The topological polar surface area (TPSA) is 78.4 Å². The van der Waals surface area contributed by atoms with E-state index in [0.717, 1.165) is 0 Å². The minimum Gasteiger partial charge on any atom is -0.478 e. The molecule has 0 aliphatic heterocycles. The number of carbonyl (C=O) groups is 2. The van der Waals surface area contributed by atoms with Crippen LogP contribution < -0.4 is 10.6 Å². The SMILES string of the molecule is Cc1cc(NC(=O)NC(C)C)cc(C)c1C(=O)O. The number of anilines is 1. The molecule has 0 fully saturated rings. The number of carboxylic acids is 1. The quantitative estimate of drug-likeness (QED) is 0.771. The van der Waals surface area contributed by atoms with Gasteiger partial charge < -0.3 is 15.7 Å². The minimum absolute atomic E-state index is 0.0467. The lowest BCUT2D eigenvalue weighted by Crippen LogP contribution is -2.34. The number of urea groups is 1. The van der Waals surface area contributed by atoms with E-state index in [1.807, 2.05) is 13.8 Å². The molecule has 0 bridgehead atoms. The third kappa shape index (κ3) is 3.48. The Bertz CT molecular complexity index is 458. The first kappa shape index (κ1) is 14.0. The molecule has 1 aromatic rings. The summed E-state index contributed by atoms with van der Waals surface area (Å²) in [7, 11) is 0. The Kier molecular flexibility index (Phi) is 4.31. The molecule has 1 rings (SSSR count). The van der Waals surface area contributed by atoms with Gasteiger partial charge in [0.1, 0.15) is 0 Å². The lowest BCUT2D eigenvalue weighted by Gasteiger charge is -2.13. The highest BCUT2D eigenvalue weighted by atomic mass is 16.4. The van der Waals surface area contributed by atoms with Crippen LogP contribution in [-0.4, -0.2) is 23.1 Å². The van der Waals surface area contributed by atoms with Crippen LogP contribution in [-0.2, 0) is 0 Å². The van der Waals surface area contributed by atoms with Crippen LogP contribution in [0.3, 0.4) is 0 Å². The van der Waals surface area contributed by atoms with Crippen molar-refractivity contribution in [3.05, 3.63) is 28.8 Å². The van der Waals surface area contributed by atoms with Gasteiger partial charge in [0.25, 0.3) is 0 Å². The summed E-state index contributed by atoms with van der Waals surface area (Å²) >= 11 is 0. The Morgan fingerprint density at radius 2 is 1.67 bits per heavy atom. The van der Waals surface area contributed by atoms with Crippen molar-refractivity contribution in [3.63, 3.8) is 0 Å². The summed E-state index contributed by atoms with van der Waals surface area (Å²) in [4.78, 5) is 22.5. The van der Waals surface area contributed by atoms with Crippen LogP contribution in [0.2, 0.25) is 0 Å². The highest BCUT2D eigenvalue weighted by Gasteiger charge is 2.13. The lowest BCUT2D eigenvalue weighted by molar-refractivity contribution is 0.0695. The number of aryl methyl sites for hydroxylation is 2. The fraction of sp³-hybridized carbons (Fsp3) is 0.385. The van der Waals surface area contributed by atoms with Crippen molar-refractivity contribution in [2.75, 3.05) is 5.32 Å². The predicted octanol–water partition coefficient (Wildman–Crippen LogP) is 2.53. The average Bonchev–Trinajstić information content (AvgIpc) is 2.12. The van der Waals surface area contributed by atoms with E-state index in [-0.39, 0.29) is 17.6 Å². The van der Waals surface area contributed by atoms with Crippen molar-refractivity contribution >= 4 is 17.7 Å². The molecule has 0 aliphatic carbocycles. The van der Waals surface area contributed by atoms with Gasteiger partial charge >= 0.3 is 12.0 Å². The molecule has 0 aromatic heterocycles. The number of amides is 2. The summed E-state index contributed by atoms with van der Waals surface area (Å²) in [5.74, 6) is -0.955. The van der Waals surface area contributed by atoms with Gasteiger partial charge in [-0.2, -0.15) is 0 Å². The molecule has 18 heavy (non-hydrogen) atoms. The molecule has 0 spiro atoms. The average molecular weight is 250 g/mol. The molecule has 98 valence electrons. The molecule has 5 heteroatoms. The van der Waals surface area contributed by atoms with Crippen LogP contribution in [0.5, 0.6) is 0 Å². The third-order valence-corrected chi connectivity index (χ3v) is 2.42. The first-order valence-corrected chi connectivity index (χ1v) is 5.73. The second-order valence-corrected chi connectivity index (χ2v) is 4.54. The second kappa shape index (κ2) is 5.53. The van der Waals surface area contributed by atoms with Gasteiger partial charge in [-0.05, 0) is 51.0 Å². The summed E-state index contributed by atoms with van der Waals surface area (Å²) in [5.41, 5.74) is 2.13. The van der Waals surface area contributed by atoms with Crippen LogP contribution in [0, 0.1) is 13.8 Å². The van der Waals surface area contributed by atoms with Crippen LogP contribution in [0.25, 0.3) is 0 Å². The summed E-state index contributed by atoms with van der Waals surface area (Å²) < 4.78 is 0. The van der Waals surface area contributed by atoms with Gasteiger partial charge in [0.2, 0.25) is 0 Å². The van der Waals surface area contributed by atoms with E-state index in [4.69, 9.17) is 5.11 Å². The first-order valence-electron chi connectivity index (χ1n) is 5.73. The highest BCUT2D eigenvalue weighted by Crippen LogP contribution is 2.20. The number of aromatic carboxylic acids is 1. The van der Waals surface area contributed by atoms with Crippen molar-refractivity contribution in [1.29, 1.82) is 0 Å². The number of hydrogen-bond acceptors (Lipinski definition) is 2. The smallest absolute Gasteiger partial charge is 0.336 e. The normalized spacial score (nSPS) is 10.3. The van der Waals surface area contributed by atoms with Crippen molar-refractivity contribution in [2.24, 2.45) is 0 Å². The largest absolute Gasteiger partial charge is 0.478 e. The zero-order chi connectivity index (χ0) is 13.9. The first-order chi connectivity index (χ1) is 8.31. The molecule has 3 N–H and O–H groups in total. The maximum atomic E-state index is 11.5. The molecule has 1 aromatic carbocycles. The Hall–Kier alpha value is -2.04. The molecule has 0 saturated carbocycles. The molecule has 2 amide bonds.